The Morgan fingerprint density at radius 3 is 2.55 bits per heavy atom. The van der Waals surface area contributed by atoms with Crippen LogP contribution < -0.4 is 0 Å². The Kier molecular flexibility index (Phi) is 5.40. The second-order valence-electron chi connectivity index (χ2n) is 8.42. The normalized spacial score (nSPS) is 25.0. The topological polar surface area (TPSA) is 63.5 Å². The third kappa shape index (κ3) is 3.67. The van der Waals surface area contributed by atoms with E-state index in [-0.39, 0.29) is 3.55 Å². The molecule has 2 heterocycles. The molecule has 2 saturated heterocycles. The van der Waals surface area contributed by atoms with Gasteiger partial charge in [0.15, 0.2) is 0 Å². The number of halogens is 1. The van der Waals surface area contributed by atoms with E-state index in [9.17, 15) is 13.2 Å². The minimum atomic E-state index is -2.38. The number of benzene rings is 1. The van der Waals surface area contributed by atoms with Crippen molar-refractivity contribution in [2.24, 2.45) is 0 Å². The summed E-state index contributed by atoms with van der Waals surface area (Å²) in [6, 6.07) is 10.4. The molecule has 0 amide bonds. The molecule has 29 heavy (non-hydrogen) atoms. The Bertz CT molecular complexity index is 1030. The van der Waals surface area contributed by atoms with Gasteiger partial charge in [0.25, 0.3) is 0 Å². The molecule has 0 saturated carbocycles. The Balaban J connectivity index is 1.87. The van der Waals surface area contributed by atoms with E-state index < -0.39 is 42.0 Å². The van der Waals surface area contributed by atoms with E-state index in [1.54, 1.807) is 12.2 Å². The maximum absolute atomic E-state index is 13.0. The number of fused-ring (bicyclic) bond motifs is 1. The van der Waals surface area contributed by atoms with Crippen molar-refractivity contribution in [2.75, 3.05) is 4.43 Å². The third-order valence-electron chi connectivity index (χ3n) is 5.26. The van der Waals surface area contributed by atoms with Crippen LogP contribution in [0.15, 0.2) is 53.8 Å². The van der Waals surface area contributed by atoms with E-state index in [1.807, 2.05) is 39.0 Å². The van der Waals surface area contributed by atoms with E-state index in [0.29, 0.717) is 22.6 Å². The van der Waals surface area contributed by atoms with Gasteiger partial charge in [-0.05, 0) is 0 Å². The summed E-state index contributed by atoms with van der Waals surface area (Å²) in [5, 5.41) is 0. The summed E-state index contributed by atoms with van der Waals surface area (Å²) in [7, 11) is -2.38. The summed E-state index contributed by atoms with van der Waals surface area (Å²) < 4.78 is 33.3. The Morgan fingerprint density at radius 1 is 1.17 bits per heavy atom. The molecule has 1 unspecified atom stereocenters. The van der Waals surface area contributed by atoms with Crippen LogP contribution in [0.25, 0.3) is 0 Å². The second kappa shape index (κ2) is 7.58. The van der Waals surface area contributed by atoms with E-state index >= 15 is 0 Å². The summed E-state index contributed by atoms with van der Waals surface area (Å²) in [6.07, 6.45) is 7.15. The molecule has 1 aromatic rings. The first-order chi connectivity index (χ1) is 13.8. The second-order valence-corrected chi connectivity index (χ2v) is 15.1. The van der Waals surface area contributed by atoms with E-state index in [0.717, 1.165) is 17.3 Å². The number of esters is 1. The molecule has 1 aliphatic carbocycles. The van der Waals surface area contributed by atoms with Gasteiger partial charge in [-0.25, -0.2) is 0 Å². The average Bonchev–Trinajstić information content (AvgIpc) is 3.36. The van der Waals surface area contributed by atoms with Crippen LogP contribution >= 0.6 is 20.1 Å². The van der Waals surface area contributed by atoms with Crippen molar-refractivity contribution in [1.29, 1.82) is 0 Å². The fourth-order valence-corrected chi connectivity index (χ4v) is 13.7. The molecule has 7 heteroatoms. The van der Waals surface area contributed by atoms with Gasteiger partial charge < -0.3 is 0 Å². The maximum atomic E-state index is 13.0. The van der Waals surface area contributed by atoms with E-state index in [2.05, 4.69) is 15.2 Å². The molecule has 3 aliphatic rings. The van der Waals surface area contributed by atoms with Crippen LogP contribution in [-0.2, 0) is 23.4 Å². The number of alkyl halides is 2. The molecule has 4 rings (SSSR count). The van der Waals surface area contributed by atoms with Gasteiger partial charge in [0.2, 0.25) is 0 Å². The Labute approximate surface area is 181 Å². The number of hydrogen-bond acceptors (Lipinski definition) is 5. The molecule has 1 aromatic carbocycles. The van der Waals surface area contributed by atoms with E-state index in [1.165, 1.54) is 12.0 Å². The first-order valence-electron chi connectivity index (χ1n) is 9.87. The minimum absolute atomic E-state index is 0.0815. The number of nitrogens with zero attached hydrogens (tertiary/aromatic N) is 1. The fourth-order valence-electron chi connectivity index (χ4n) is 4.10. The van der Waals surface area contributed by atoms with Crippen LogP contribution in [0, 0.1) is 0 Å². The van der Waals surface area contributed by atoms with Gasteiger partial charge in [0.05, 0.1) is 0 Å². The van der Waals surface area contributed by atoms with Gasteiger partial charge in [-0.2, -0.15) is 0 Å². The van der Waals surface area contributed by atoms with E-state index in [4.69, 9.17) is 4.74 Å². The van der Waals surface area contributed by atoms with Crippen LogP contribution in [0.4, 0.5) is 0 Å². The van der Waals surface area contributed by atoms with Crippen LogP contribution in [0.1, 0.15) is 52.0 Å². The zero-order valence-corrected chi connectivity index (χ0v) is 19.9. The van der Waals surface area contributed by atoms with Crippen molar-refractivity contribution >= 4 is 41.2 Å². The zero-order chi connectivity index (χ0) is 20.8. The first-order valence-corrected chi connectivity index (χ1v) is 14.5. The number of hydrogen-bond donors (Lipinski definition) is 0. The molecule has 2 fully saturated rings. The number of carbonyl (C=O) groups excluding carboxylic acids is 1. The molecule has 0 radical (unpaired) electrons. The number of ether oxygens (including phenoxy) is 1. The average molecular weight is 527 g/mol. The molecule has 1 atom stereocenters. The number of carbonyl (C=O) groups is 1. The summed E-state index contributed by atoms with van der Waals surface area (Å²) >= 11 is -1.66. The van der Waals surface area contributed by atoms with Gasteiger partial charge >= 0.3 is 182 Å². The van der Waals surface area contributed by atoms with Crippen LogP contribution in [0.3, 0.4) is 0 Å². The summed E-state index contributed by atoms with van der Waals surface area (Å²) in [4.78, 5) is 13.3. The predicted octanol–water partition coefficient (Wildman–Crippen LogP) is 4.37. The predicted molar refractivity (Wildman–Crippen MR) is 123 cm³/mol. The van der Waals surface area contributed by atoms with Gasteiger partial charge in [0, 0.05) is 0 Å². The van der Waals surface area contributed by atoms with Crippen LogP contribution in [-0.4, -0.2) is 32.4 Å². The molecule has 5 nitrogen and oxygen atoms in total. The Morgan fingerprint density at radius 2 is 1.90 bits per heavy atom. The van der Waals surface area contributed by atoms with Gasteiger partial charge in [-0.3, -0.25) is 0 Å². The Hall–Kier alpha value is -1.61. The molecule has 0 aromatic heterocycles. The first kappa shape index (κ1) is 20.7. The van der Waals surface area contributed by atoms with Gasteiger partial charge in [-0.1, -0.05) is 0 Å². The SMILES string of the molecule is CC(C)(C)OC(=O)C1=C(N2I3CCCCC23c2ccccc2)C(=S(=O)=O)CC=C1. The van der Waals surface area contributed by atoms with Crippen molar-refractivity contribution in [3.63, 3.8) is 0 Å². The number of rotatable bonds is 3. The van der Waals surface area contributed by atoms with Crippen molar-refractivity contribution in [3.8, 4) is 0 Å². The summed E-state index contributed by atoms with van der Waals surface area (Å²) in [6.45, 7) is 5.48. The molecule has 156 valence electrons. The quantitative estimate of drug-likeness (QED) is 0.111. The van der Waals surface area contributed by atoms with Gasteiger partial charge in [-0.15, -0.1) is 0 Å². The molecule has 0 bridgehead atoms. The van der Waals surface area contributed by atoms with Gasteiger partial charge in [0.1, 0.15) is 0 Å². The molecular weight excluding hydrogens is 501 g/mol. The standard InChI is InChI=1S/C22H26INO4S/c1-21(2,3)28-20(25)17-12-9-13-18(29(26)27)19(17)24-22(14-7-8-15-23(22)24)16-10-5-4-6-11-16/h4-6,9-12H,7-8,13-15H2,1-3H3. The molecular formula is C22H26INO4S. The summed E-state index contributed by atoms with van der Waals surface area (Å²) in [5.74, 6) is -0.449. The van der Waals surface area contributed by atoms with Crippen molar-refractivity contribution < 1.29 is 17.9 Å². The third-order valence-corrected chi connectivity index (χ3v) is 13.5. The fraction of sp³-hybridized carbons (Fsp3) is 0.455. The molecule has 0 spiro atoms. The van der Waals surface area contributed by atoms with Crippen molar-refractivity contribution in [2.45, 2.75) is 55.6 Å². The number of allylic oxidation sites excluding steroid dienone is 2. The van der Waals surface area contributed by atoms with Crippen molar-refractivity contribution in [1.82, 2.24) is 3.11 Å². The monoisotopic (exact) mass is 527 g/mol. The zero-order valence-electron chi connectivity index (χ0n) is 16.9. The van der Waals surface area contributed by atoms with Crippen LogP contribution in [0.5, 0.6) is 0 Å². The molecule has 0 N–H and O–H groups in total. The summed E-state index contributed by atoms with van der Waals surface area (Å²) in [5.41, 5.74) is 1.60. The molecule has 2 aliphatic heterocycles. The van der Waals surface area contributed by atoms with Crippen molar-refractivity contribution in [3.05, 3.63) is 59.3 Å². The van der Waals surface area contributed by atoms with Crippen LogP contribution in [0.2, 0.25) is 0 Å².